The van der Waals surface area contributed by atoms with E-state index in [0.717, 1.165) is 12.5 Å². The standard InChI is InChI=1S/C15H16N2/c1-2-14(11-16-9-1)13-5-7-15(8-6-13)17-10-12-3-4-12/h1-2,5-9,11-12,17H,3-4,10H2. The molecule has 0 radical (unpaired) electrons. The fourth-order valence-electron chi connectivity index (χ4n) is 1.90. The lowest BCUT2D eigenvalue weighted by Gasteiger charge is -2.06. The van der Waals surface area contributed by atoms with E-state index in [-0.39, 0.29) is 0 Å². The summed E-state index contributed by atoms with van der Waals surface area (Å²) in [6, 6.07) is 12.6. The molecule has 1 fully saturated rings. The third kappa shape index (κ3) is 2.64. The number of pyridine rings is 1. The van der Waals surface area contributed by atoms with Gasteiger partial charge in [0.25, 0.3) is 0 Å². The van der Waals surface area contributed by atoms with Crippen molar-refractivity contribution in [2.75, 3.05) is 11.9 Å². The Hall–Kier alpha value is -1.83. The summed E-state index contributed by atoms with van der Waals surface area (Å²) in [5.41, 5.74) is 3.60. The number of aromatic nitrogens is 1. The first-order valence-electron chi connectivity index (χ1n) is 6.16. The van der Waals surface area contributed by atoms with Crippen molar-refractivity contribution < 1.29 is 0 Å². The average molecular weight is 224 g/mol. The molecule has 2 aromatic rings. The van der Waals surface area contributed by atoms with E-state index in [0.29, 0.717) is 0 Å². The molecule has 1 aromatic carbocycles. The van der Waals surface area contributed by atoms with Crippen LogP contribution in [0.1, 0.15) is 12.8 Å². The molecule has 0 unspecified atom stereocenters. The zero-order valence-corrected chi connectivity index (χ0v) is 9.76. The Bertz CT molecular complexity index is 472. The molecule has 2 heteroatoms. The second-order valence-electron chi connectivity index (χ2n) is 4.64. The van der Waals surface area contributed by atoms with E-state index in [9.17, 15) is 0 Å². The summed E-state index contributed by atoms with van der Waals surface area (Å²) in [6.07, 6.45) is 6.48. The largest absolute Gasteiger partial charge is 0.385 e. The van der Waals surface area contributed by atoms with Gasteiger partial charge in [-0.15, -0.1) is 0 Å². The summed E-state index contributed by atoms with van der Waals surface area (Å²) in [5, 5.41) is 3.47. The molecule has 86 valence electrons. The van der Waals surface area contributed by atoms with Gasteiger partial charge < -0.3 is 5.32 Å². The fraction of sp³-hybridized carbons (Fsp3) is 0.267. The van der Waals surface area contributed by atoms with Crippen LogP contribution >= 0.6 is 0 Å². The Labute approximate surface area is 102 Å². The maximum absolute atomic E-state index is 4.14. The van der Waals surface area contributed by atoms with Gasteiger partial charge >= 0.3 is 0 Å². The van der Waals surface area contributed by atoms with Gasteiger partial charge in [0, 0.05) is 24.6 Å². The molecule has 1 aliphatic carbocycles. The molecular weight excluding hydrogens is 208 g/mol. The molecule has 3 rings (SSSR count). The van der Waals surface area contributed by atoms with Crippen molar-refractivity contribution in [2.45, 2.75) is 12.8 Å². The third-order valence-corrected chi connectivity index (χ3v) is 3.17. The summed E-state index contributed by atoms with van der Waals surface area (Å²) in [5.74, 6) is 0.910. The zero-order chi connectivity index (χ0) is 11.5. The fourth-order valence-corrected chi connectivity index (χ4v) is 1.90. The predicted octanol–water partition coefficient (Wildman–Crippen LogP) is 3.57. The van der Waals surface area contributed by atoms with Gasteiger partial charge in [-0.3, -0.25) is 4.98 Å². The SMILES string of the molecule is c1cncc(-c2ccc(NCC3CC3)cc2)c1. The molecule has 1 saturated carbocycles. The minimum Gasteiger partial charge on any atom is -0.385 e. The zero-order valence-electron chi connectivity index (χ0n) is 9.76. The van der Waals surface area contributed by atoms with Crippen molar-refractivity contribution >= 4 is 5.69 Å². The molecule has 0 atom stereocenters. The van der Waals surface area contributed by atoms with Crippen molar-refractivity contribution in [3.63, 3.8) is 0 Å². The number of nitrogens with zero attached hydrogens (tertiary/aromatic N) is 1. The van der Waals surface area contributed by atoms with Gasteiger partial charge in [0.15, 0.2) is 0 Å². The number of anilines is 1. The molecule has 0 saturated heterocycles. The molecule has 1 N–H and O–H groups in total. The van der Waals surface area contributed by atoms with Crippen molar-refractivity contribution in [1.29, 1.82) is 0 Å². The van der Waals surface area contributed by atoms with Crippen LogP contribution < -0.4 is 5.32 Å². The Kier molecular flexibility index (Phi) is 2.78. The molecule has 0 aliphatic heterocycles. The van der Waals surface area contributed by atoms with E-state index in [4.69, 9.17) is 0 Å². The van der Waals surface area contributed by atoms with E-state index in [1.54, 1.807) is 6.20 Å². The molecule has 1 aromatic heterocycles. The Morgan fingerprint density at radius 3 is 2.53 bits per heavy atom. The second kappa shape index (κ2) is 4.58. The molecule has 1 heterocycles. The smallest absolute Gasteiger partial charge is 0.0346 e. The van der Waals surface area contributed by atoms with E-state index in [2.05, 4.69) is 40.6 Å². The maximum atomic E-state index is 4.14. The lowest BCUT2D eigenvalue weighted by molar-refractivity contribution is 0.889. The highest BCUT2D eigenvalue weighted by Crippen LogP contribution is 2.29. The number of benzene rings is 1. The number of hydrogen-bond acceptors (Lipinski definition) is 2. The summed E-state index contributed by atoms with van der Waals surface area (Å²) < 4.78 is 0. The Balaban J connectivity index is 1.70. The lowest BCUT2D eigenvalue weighted by atomic mass is 10.1. The van der Waals surface area contributed by atoms with Crippen molar-refractivity contribution in [1.82, 2.24) is 4.98 Å². The van der Waals surface area contributed by atoms with Crippen LogP contribution in [0.15, 0.2) is 48.8 Å². The highest BCUT2D eigenvalue weighted by molar-refractivity contribution is 5.65. The third-order valence-electron chi connectivity index (χ3n) is 3.17. The first-order valence-corrected chi connectivity index (χ1v) is 6.16. The van der Waals surface area contributed by atoms with Crippen molar-refractivity contribution in [3.8, 4) is 11.1 Å². The number of rotatable bonds is 4. The highest BCUT2D eigenvalue weighted by Gasteiger charge is 2.20. The Morgan fingerprint density at radius 1 is 1.06 bits per heavy atom. The summed E-state index contributed by atoms with van der Waals surface area (Å²) in [4.78, 5) is 4.14. The summed E-state index contributed by atoms with van der Waals surface area (Å²) in [7, 11) is 0. The molecule has 1 aliphatic rings. The quantitative estimate of drug-likeness (QED) is 0.858. The summed E-state index contributed by atoms with van der Waals surface area (Å²) >= 11 is 0. The predicted molar refractivity (Wildman–Crippen MR) is 70.9 cm³/mol. The van der Waals surface area contributed by atoms with E-state index < -0.39 is 0 Å². The molecule has 0 amide bonds. The molecule has 0 spiro atoms. The van der Waals surface area contributed by atoms with E-state index in [1.807, 2.05) is 12.3 Å². The van der Waals surface area contributed by atoms with Gasteiger partial charge in [-0.2, -0.15) is 0 Å². The van der Waals surface area contributed by atoms with Crippen LogP contribution in [0.25, 0.3) is 11.1 Å². The van der Waals surface area contributed by atoms with Gasteiger partial charge in [-0.05, 0) is 48.1 Å². The van der Waals surface area contributed by atoms with Gasteiger partial charge in [0.05, 0.1) is 0 Å². The minimum absolute atomic E-state index is 0.910. The first kappa shape index (κ1) is 10.3. The molecular formula is C15H16N2. The van der Waals surface area contributed by atoms with Gasteiger partial charge in [0.1, 0.15) is 0 Å². The molecule has 0 bridgehead atoms. The lowest BCUT2D eigenvalue weighted by Crippen LogP contribution is -2.02. The highest BCUT2D eigenvalue weighted by atomic mass is 14.9. The first-order chi connectivity index (χ1) is 8.42. The van der Waals surface area contributed by atoms with Crippen LogP contribution in [0, 0.1) is 5.92 Å². The van der Waals surface area contributed by atoms with Crippen LogP contribution in [0.3, 0.4) is 0 Å². The minimum atomic E-state index is 0.910. The van der Waals surface area contributed by atoms with Crippen LogP contribution in [0.5, 0.6) is 0 Å². The van der Waals surface area contributed by atoms with E-state index >= 15 is 0 Å². The van der Waals surface area contributed by atoms with Gasteiger partial charge in [-0.1, -0.05) is 18.2 Å². The monoisotopic (exact) mass is 224 g/mol. The van der Waals surface area contributed by atoms with Crippen LogP contribution in [0.4, 0.5) is 5.69 Å². The maximum Gasteiger partial charge on any atom is 0.0346 e. The normalized spacial score (nSPS) is 14.6. The molecule has 2 nitrogen and oxygen atoms in total. The summed E-state index contributed by atoms with van der Waals surface area (Å²) in [6.45, 7) is 1.12. The molecule has 17 heavy (non-hydrogen) atoms. The van der Waals surface area contributed by atoms with E-state index in [1.165, 1.54) is 29.7 Å². The number of nitrogens with one attached hydrogen (secondary N) is 1. The van der Waals surface area contributed by atoms with Crippen LogP contribution in [-0.2, 0) is 0 Å². The average Bonchev–Trinajstić information content (AvgIpc) is 3.22. The Morgan fingerprint density at radius 2 is 1.88 bits per heavy atom. The van der Waals surface area contributed by atoms with Crippen molar-refractivity contribution in [2.24, 2.45) is 5.92 Å². The number of hydrogen-bond donors (Lipinski definition) is 1. The van der Waals surface area contributed by atoms with Crippen LogP contribution in [-0.4, -0.2) is 11.5 Å². The van der Waals surface area contributed by atoms with Crippen LogP contribution in [0.2, 0.25) is 0 Å². The second-order valence-corrected chi connectivity index (χ2v) is 4.64. The van der Waals surface area contributed by atoms with Gasteiger partial charge in [0.2, 0.25) is 0 Å². The van der Waals surface area contributed by atoms with Gasteiger partial charge in [-0.25, -0.2) is 0 Å². The van der Waals surface area contributed by atoms with Crippen molar-refractivity contribution in [3.05, 3.63) is 48.8 Å². The topological polar surface area (TPSA) is 24.9 Å².